The molecule has 0 saturated heterocycles. The SMILES string of the molecule is CCCOCC(=O)Nc1c(C)cc(Cl)nc1Cl. The van der Waals surface area contributed by atoms with Crippen molar-refractivity contribution < 1.29 is 9.53 Å². The van der Waals surface area contributed by atoms with Crippen molar-refractivity contribution in [2.75, 3.05) is 18.5 Å². The second kappa shape index (κ2) is 6.79. The van der Waals surface area contributed by atoms with Crippen LogP contribution in [0.3, 0.4) is 0 Å². The maximum Gasteiger partial charge on any atom is 0.250 e. The lowest BCUT2D eigenvalue weighted by molar-refractivity contribution is -0.120. The van der Waals surface area contributed by atoms with Crippen molar-refractivity contribution in [2.24, 2.45) is 0 Å². The number of nitrogens with zero attached hydrogens (tertiary/aromatic N) is 1. The zero-order chi connectivity index (χ0) is 12.8. The topological polar surface area (TPSA) is 51.2 Å². The third-order valence-electron chi connectivity index (χ3n) is 1.99. The quantitative estimate of drug-likeness (QED) is 0.664. The molecule has 0 radical (unpaired) electrons. The molecule has 0 aliphatic heterocycles. The van der Waals surface area contributed by atoms with Gasteiger partial charge in [0.25, 0.3) is 0 Å². The monoisotopic (exact) mass is 276 g/mol. The summed E-state index contributed by atoms with van der Waals surface area (Å²) < 4.78 is 5.12. The molecule has 0 spiro atoms. The molecule has 1 amide bonds. The smallest absolute Gasteiger partial charge is 0.250 e. The van der Waals surface area contributed by atoms with E-state index in [1.54, 1.807) is 13.0 Å². The van der Waals surface area contributed by atoms with Crippen LogP contribution in [0.2, 0.25) is 10.3 Å². The van der Waals surface area contributed by atoms with Crippen LogP contribution >= 0.6 is 23.2 Å². The zero-order valence-corrected chi connectivity index (χ0v) is 11.2. The van der Waals surface area contributed by atoms with Gasteiger partial charge < -0.3 is 10.1 Å². The maximum atomic E-state index is 11.5. The first kappa shape index (κ1) is 14.2. The van der Waals surface area contributed by atoms with Crippen molar-refractivity contribution in [1.82, 2.24) is 4.98 Å². The molecule has 0 atom stereocenters. The first-order valence-electron chi connectivity index (χ1n) is 5.24. The molecule has 1 aromatic rings. The Morgan fingerprint density at radius 2 is 2.24 bits per heavy atom. The summed E-state index contributed by atoms with van der Waals surface area (Å²) in [6.07, 6.45) is 0.871. The number of ether oxygens (including phenoxy) is 1. The number of aryl methyl sites for hydroxylation is 1. The summed E-state index contributed by atoms with van der Waals surface area (Å²) in [6.45, 7) is 4.33. The van der Waals surface area contributed by atoms with Gasteiger partial charge in [0, 0.05) is 6.61 Å². The van der Waals surface area contributed by atoms with E-state index >= 15 is 0 Å². The Hall–Kier alpha value is -0.840. The minimum atomic E-state index is -0.257. The molecular formula is C11H14Cl2N2O2. The predicted molar refractivity (Wildman–Crippen MR) is 68.7 cm³/mol. The van der Waals surface area contributed by atoms with Gasteiger partial charge >= 0.3 is 0 Å². The molecule has 1 heterocycles. The molecule has 1 N–H and O–H groups in total. The summed E-state index contributed by atoms with van der Waals surface area (Å²) in [4.78, 5) is 15.4. The van der Waals surface area contributed by atoms with Crippen LogP contribution in [0.5, 0.6) is 0 Å². The molecule has 1 rings (SSSR count). The minimum absolute atomic E-state index is 0.00619. The maximum absolute atomic E-state index is 11.5. The average Bonchev–Trinajstić information content (AvgIpc) is 2.24. The highest BCUT2D eigenvalue weighted by Crippen LogP contribution is 2.26. The van der Waals surface area contributed by atoms with Gasteiger partial charge in [0.05, 0.1) is 5.69 Å². The van der Waals surface area contributed by atoms with E-state index in [9.17, 15) is 4.79 Å². The second-order valence-corrected chi connectivity index (χ2v) is 4.27. The van der Waals surface area contributed by atoms with Gasteiger partial charge in [-0.3, -0.25) is 4.79 Å². The molecule has 0 aromatic carbocycles. The largest absolute Gasteiger partial charge is 0.372 e. The van der Waals surface area contributed by atoms with Gasteiger partial charge in [-0.15, -0.1) is 0 Å². The Balaban J connectivity index is 2.65. The molecule has 94 valence electrons. The fourth-order valence-electron chi connectivity index (χ4n) is 1.23. The zero-order valence-electron chi connectivity index (χ0n) is 9.72. The number of anilines is 1. The van der Waals surface area contributed by atoms with Crippen LogP contribution in [0.1, 0.15) is 18.9 Å². The van der Waals surface area contributed by atoms with Gasteiger partial charge in [-0.25, -0.2) is 4.98 Å². The van der Waals surface area contributed by atoms with E-state index in [0.29, 0.717) is 17.4 Å². The van der Waals surface area contributed by atoms with Crippen LogP contribution in [0.15, 0.2) is 6.07 Å². The Labute approximate surface area is 110 Å². The Kier molecular flexibility index (Phi) is 5.68. The van der Waals surface area contributed by atoms with Crippen LogP contribution in [0.25, 0.3) is 0 Å². The number of rotatable bonds is 5. The first-order valence-corrected chi connectivity index (χ1v) is 6.00. The van der Waals surface area contributed by atoms with Crippen molar-refractivity contribution in [3.8, 4) is 0 Å². The third-order valence-corrected chi connectivity index (χ3v) is 2.45. The molecule has 0 aliphatic rings. The highest BCUT2D eigenvalue weighted by molar-refractivity contribution is 6.34. The number of halogens is 2. The van der Waals surface area contributed by atoms with E-state index in [1.165, 1.54) is 0 Å². The van der Waals surface area contributed by atoms with Crippen LogP contribution in [0, 0.1) is 6.92 Å². The third kappa shape index (κ3) is 4.50. The fourth-order valence-corrected chi connectivity index (χ4v) is 1.81. The van der Waals surface area contributed by atoms with Gasteiger partial charge in [0.1, 0.15) is 11.8 Å². The minimum Gasteiger partial charge on any atom is -0.372 e. The summed E-state index contributed by atoms with van der Waals surface area (Å²) >= 11 is 11.6. The van der Waals surface area contributed by atoms with Gasteiger partial charge in [0.2, 0.25) is 5.91 Å². The van der Waals surface area contributed by atoms with Gasteiger partial charge in [-0.05, 0) is 25.0 Å². The fraction of sp³-hybridized carbons (Fsp3) is 0.455. The number of carbonyl (C=O) groups is 1. The van der Waals surface area contributed by atoms with E-state index in [-0.39, 0.29) is 17.7 Å². The molecule has 17 heavy (non-hydrogen) atoms. The molecule has 0 unspecified atom stereocenters. The summed E-state index contributed by atoms with van der Waals surface area (Å²) in [5.41, 5.74) is 1.24. The number of carbonyl (C=O) groups excluding carboxylic acids is 1. The summed E-state index contributed by atoms with van der Waals surface area (Å²) in [7, 11) is 0. The molecule has 0 bridgehead atoms. The van der Waals surface area contributed by atoms with Crippen molar-refractivity contribution in [3.63, 3.8) is 0 Å². The number of pyridine rings is 1. The summed E-state index contributed by atoms with van der Waals surface area (Å²) in [5.74, 6) is -0.257. The molecule has 0 saturated carbocycles. The highest BCUT2D eigenvalue weighted by atomic mass is 35.5. The molecular weight excluding hydrogens is 263 g/mol. The summed E-state index contributed by atoms with van der Waals surface area (Å²) in [5, 5.41) is 3.13. The molecule has 1 aromatic heterocycles. The summed E-state index contributed by atoms with van der Waals surface area (Å²) in [6, 6.07) is 1.63. The Bertz CT molecular complexity index is 387. The van der Waals surface area contributed by atoms with E-state index < -0.39 is 0 Å². The standard InChI is InChI=1S/C11H14Cl2N2O2/c1-3-4-17-6-9(16)15-10-7(2)5-8(12)14-11(10)13/h5H,3-4,6H2,1-2H3,(H,15,16). The van der Waals surface area contributed by atoms with E-state index in [1.807, 2.05) is 6.92 Å². The Morgan fingerprint density at radius 1 is 1.53 bits per heavy atom. The number of nitrogens with one attached hydrogen (secondary N) is 1. The van der Waals surface area contributed by atoms with Gasteiger partial charge in [-0.1, -0.05) is 30.1 Å². The van der Waals surface area contributed by atoms with Crippen LogP contribution < -0.4 is 5.32 Å². The normalized spacial score (nSPS) is 10.4. The molecule has 0 aliphatic carbocycles. The molecule has 6 heteroatoms. The van der Waals surface area contributed by atoms with E-state index in [2.05, 4.69) is 10.3 Å². The number of hydrogen-bond donors (Lipinski definition) is 1. The van der Waals surface area contributed by atoms with E-state index in [0.717, 1.165) is 12.0 Å². The molecule has 4 nitrogen and oxygen atoms in total. The number of amides is 1. The van der Waals surface area contributed by atoms with Crippen molar-refractivity contribution >= 4 is 34.8 Å². The van der Waals surface area contributed by atoms with Gasteiger partial charge in [-0.2, -0.15) is 0 Å². The lowest BCUT2D eigenvalue weighted by atomic mass is 10.2. The van der Waals surface area contributed by atoms with Gasteiger partial charge in [0.15, 0.2) is 5.15 Å². The molecule has 0 fully saturated rings. The number of aromatic nitrogens is 1. The average molecular weight is 277 g/mol. The van der Waals surface area contributed by atoms with Crippen molar-refractivity contribution in [1.29, 1.82) is 0 Å². The van der Waals surface area contributed by atoms with Crippen molar-refractivity contribution in [2.45, 2.75) is 20.3 Å². The van der Waals surface area contributed by atoms with Crippen LogP contribution in [-0.2, 0) is 9.53 Å². The van der Waals surface area contributed by atoms with Crippen molar-refractivity contribution in [3.05, 3.63) is 21.9 Å². The lowest BCUT2D eigenvalue weighted by Gasteiger charge is -2.10. The lowest BCUT2D eigenvalue weighted by Crippen LogP contribution is -2.19. The van der Waals surface area contributed by atoms with Crippen LogP contribution in [0.4, 0.5) is 5.69 Å². The number of hydrogen-bond acceptors (Lipinski definition) is 3. The predicted octanol–water partition coefficient (Wildman–Crippen LogP) is 3.06. The Morgan fingerprint density at radius 3 is 2.82 bits per heavy atom. The van der Waals surface area contributed by atoms with E-state index in [4.69, 9.17) is 27.9 Å². The van der Waals surface area contributed by atoms with Crippen LogP contribution in [-0.4, -0.2) is 24.1 Å². The highest BCUT2D eigenvalue weighted by Gasteiger charge is 2.11. The first-order chi connectivity index (χ1) is 8.04. The second-order valence-electron chi connectivity index (χ2n) is 3.53.